The molecule has 0 nitrogen and oxygen atoms in total. The van der Waals surface area contributed by atoms with Crippen LogP contribution in [0.4, 0.5) is 0 Å². The zero-order valence-corrected chi connectivity index (χ0v) is 29.4. The molecule has 9 rings (SSSR count). The van der Waals surface area contributed by atoms with Gasteiger partial charge in [0.2, 0.25) is 0 Å². The minimum Gasteiger partial charge on any atom is -1.00 e. The van der Waals surface area contributed by atoms with Crippen LogP contribution in [0.5, 0.6) is 0 Å². The average molecular weight is 689 g/mol. The monoisotopic (exact) mass is 686 g/mol. The van der Waals surface area contributed by atoms with Gasteiger partial charge in [-0.25, -0.2) is 0 Å². The molecular formula is C41H34Cl2Zr. The molecule has 0 N–H and O–H groups in total. The molecule has 4 aliphatic carbocycles. The summed E-state index contributed by atoms with van der Waals surface area (Å²) in [5, 5.41) is 5.54. The quantitative estimate of drug-likeness (QED) is 0.287. The van der Waals surface area contributed by atoms with Crippen molar-refractivity contribution in [1.82, 2.24) is 0 Å². The van der Waals surface area contributed by atoms with Crippen molar-refractivity contribution < 1.29 is 48.0 Å². The summed E-state index contributed by atoms with van der Waals surface area (Å²) in [7, 11) is 0. The molecule has 4 aromatic carbocycles. The first-order valence-corrected chi connectivity index (χ1v) is 18.4. The number of benzene rings is 4. The summed E-state index contributed by atoms with van der Waals surface area (Å²) < 4.78 is 1.05. The second-order valence-corrected chi connectivity index (χ2v) is 17.2. The van der Waals surface area contributed by atoms with E-state index in [0.29, 0.717) is 19.1 Å². The first-order valence-electron chi connectivity index (χ1n) is 15.6. The number of halogens is 2. The fourth-order valence-electron chi connectivity index (χ4n) is 9.23. The van der Waals surface area contributed by atoms with Crippen LogP contribution < -0.4 is 24.8 Å². The van der Waals surface area contributed by atoms with Gasteiger partial charge in [-0.15, -0.1) is 0 Å². The molecule has 0 saturated carbocycles. The van der Waals surface area contributed by atoms with Crippen LogP contribution in [0.1, 0.15) is 57.2 Å². The molecule has 3 heteroatoms. The SMILES string of the molecule is CC(C)C1(C(C)C)C2=CC=C3C2=C[CH]([Zr+2][CH]2C=C4C(=CC=C41)c1c2ccc2ccccc12)c1ccc2ccccc2c13.[Cl-].[Cl-]. The Morgan fingerprint density at radius 3 is 1.39 bits per heavy atom. The smallest absolute Gasteiger partial charge is 1.00 e. The van der Waals surface area contributed by atoms with Crippen molar-refractivity contribution in [2.75, 3.05) is 0 Å². The average Bonchev–Trinajstić information content (AvgIpc) is 3.62. The molecular weight excluding hydrogens is 655 g/mol. The summed E-state index contributed by atoms with van der Waals surface area (Å²) >= 11 is -1.03. The predicted octanol–water partition coefficient (Wildman–Crippen LogP) is 4.70. The van der Waals surface area contributed by atoms with E-state index in [4.69, 9.17) is 0 Å². The van der Waals surface area contributed by atoms with Crippen LogP contribution in [0.15, 0.2) is 132 Å². The molecule has 1 heterocycles. The van der Waals surface area contributed by atoms with Crippen LogP contribution in [0.25, 0.3) is 32.7 Å². The maximum Gasteiger partial charge on any atom is -1.00 e. The van der Waals surface area contributed by atoms with Gasteiger partial charge in [0.15, 0.2) is 0 Å². The molecule has 5 aliphatic rings. The van der Waals surface area contributed by atoms with Crippen LogP contribution in [-0.4, -0.2) is 0 Å². The van der Waals surface area contributed by atoms with Crippen LogP contribution >= 0.6 is 0 Å². The van der Waals surface area contributed by atoms with Crippen molar-refractivity contribution in [3.8, 4) is 0 Å². The van der Waals surface area contributed by atoms with Gasteiger partial charge in [-0.1, -0.05) is 0 Å². The number of rotatable bonds is 2. The van der Waals surface area contributed by atoms with Gasteiger partial charge < -0.3 is 24.8 Å². The van der Waals surface area contributed by atoms with Gasteiger partial charge in [0.1, 0.15) is 0 Å². The standard InChI is InChI=1S/C41H34.2ClH.Zr/c1-25(2)41(26(3)4,37-23-21-35-33(37)19-17-29-15-13-27-9-5-7-11-31(27)39(29)35)38-24-22-36-34(38)20-18-30-16-14-28-10-6-8-12-32(28)40(30)36;;;/h5-26H,1-4H3;2*1H;/q;;;+2/p-2. The fourth-order valence-corrected chi connectivity index (χ4v) is 13.5. The van der Waals surface area contributed by atoms with Gasteiger partial charge in [-0.2, -0.15) is 0 Å². The van der Waals surface area contributed by atoms with Gasteiger partial charge in [0.05, 0.1) is 0 Å². The summed E-state index contributed by atoms with van der Waals surface area (Å²) in [5.74, 6) is 0.910. The van der Waals surface area contributed by atoms with Gasteiger partial charge in [-0.05, 0) is 0 Å². The normalized spacial score (nSPS) is 21.3. The number of hydrogen-bond donors (Lipinski definition) is 0. The third kappa shape index (κ3) is 3.79. The number of hydrogen-bond acceptors (Lipinski definition) is 0. The third-order valence-corrected chi connectivity index (χ3v) is 15.0. The summed E-state index contributed by atoms with van der Waals surface area (Å²) in [6, 6.07) is 27.8. The van der Waals surface area contributed by atoms with E-state index in [1.807, 2.05) is 0 Å². The second kappa shape index (κ2) is 10.7. The Balaban J connectivity index is 0.00000156. The Bertz CT molecular complexity index is 1930. The Hall–Kier alpha value is -2.70. The summed E-state index contributed by atoms with van der Waals surface area (Å²) in [6.07, 6.45) is 15.5. The predicted molar refractivity (Wildman–Crippen MR) is 174 cm³/mol. The van der Waals surface area contributed by atoms with Crippen LogP contribution in [-0.2, 0) is 23.2 Å². The largest absolute Gasteiger partial charge is 1.00 e. The third-order valence-electron chi connectivity index (χ3n) is 10.9. The van der Waals surface area contributed by atoms with E-state index in [2.05, 4.69) is 137 Å². The molecule has 0 saturated heterocycles. The molecule has 4 bridgehead atoms. The van der Waals surface area contributed by atoms with Gasteiger partial charge in [0.25, 0.3) is 0 Å². The van der Waals surface area contributed by atoms with Crippen LogP contribution in [0.3, 0.4) is 0 Å². The van der Waals surface area contributed by atoms with E-state index < -0.39 is 23.2 Å². The maximum atomic E-state index is 2.74. The maximum absolute atomic E-state index is 2.74. The topological polar surface area (TPSA) is 0 Å². The second-order valence-electron chi connectivity index (χ2n) is 13.3. The Morgan fingerprint density at radius 1 is 0.523 bits per heavy atom. The van der Waals surface area contributed by atoms with Crippen LogP contribution in [0.2, 0.25) is 0 Å². The van der Waals surface area contributed by atoms with E-state index in [-0.39, 0.29) is 30.2 Å². The molecule has 216 valence electrons. The zero-order chi connectivity index (χ0) is 28.3. The van der Waals surface area contributed by atoms with Crippen molar-refractivity contribution in [2.24, 2.45) is 17.3 Å². The summed E-state index contributed by atoms with van der Waals surface area (Å²) in [6.45, 7) is 9.87. The van der Waals surface area contributed by atoms with Crippen molar-refractivity contribution in [1.29, 1.82) is 0 Å². The minimum atomic E-state index is -1.03. The molecule has 0 aromatic heterocycles. The molecule has 0 fully saturated rings. The van der Waals surface area contributed by atoms with Crippen LogP contribution in [0, 0.1) is 17.3 Å². The van der Waals surface area contributed by atoms with Crippen molar-refractivity contribution in [3.05, 3.63) is 154 Å². The van der Waals surface area contributed by atoms with E-state index in [1.165, 1.54) is 55.0 Å². The first-order chi connectivity index (χ1) is 20.5. The molecule has 0 radical (unpaired) electrons. The van der Waals surface area contributed by atoms with Crippen molar-refractivity contribution in [2.45, 2.75) is 34.9 Å². The Morgan fingerprint density at radius 2 is 0.955 bits per heavy atom. The van der Waals surface area contributed by atoms with E-state index in [9.17, 15) is 0 Å². The molecule has 1 aliphatic heterocycles. The van der Waals surface area contributed by atoms with Gasteiger partial charge >= 0.3 is 262 Å². The zero-order valence-electron chi connectivity index (χ0n) is 25.5. The van der Waals surface area contributed by atoms with E-state index >= 15 is 0 Å². The minimum absolute atomic E-state index is 0. The van der Waals surface area contributed by atoms with Gasteiger partial charge in [0, 0.05) is 0 Å². The molecule has 44 heavy (non-hydrogen) atoms. The van der Waals surface area contributed by atoms with Gasteiger partial charge in [-0.3, -0.25) is 0 Å². The molecule has 4 aromatic rings. The molecule has 0 spiro atoms. The summed E-state index contributed by atoms with van der Waals surface area (Å²) in [4.78, 5) is 0. The molecule has 2 atom stereocenters. The van der Waals surface area contributed by atoms with E-state index in [1.54, 1.807) is 22.3 Å². The number of fused-ring (bicyclic) bond motifs is 12. The Kier molecular flexibility index (Phi) is 7.29. The van der Waals surface area contributed by atoms with E-state index in [0.717, 1.165) is 0 Å². The summed E-state index contributed by atoms with van der Waals surface area (Å²) in [5.41, 5.74) is 15.1. The van der Waals surface area contributed by atoms with Crippen molar-refractivity contribution in [3.63, 3.8) is 0 Å². The van der Waals surface area contributed by atoms with Crippen molar-refractivity contribution >= 4 is 32.7 Å². The Labute approximate surface area is 284 Å². The number of allylic oxidation sites excluding steroid dienone is 12. The first kappa shape index (κ1) is 30.0. The fraction of sp³-hybridized carbons (Fsp3) is 0.220. The molecule has 2 unspecified atom stereocenters. The molecule has 0 amide bonds.